The van der Waals surface area contributed by atoms with Gasteiger partial charge in [0, 0.05) is 30.6 Å². The van der Waals surface area contributed by atoms with Gasteiger partial charge in [0.15, 0.2) is 11.5 Å². The number of nitrogens with zero attached hydrogens (tertiary/aromatic N) is 5. The smallest absolute Gasteiger partial charge is 0.272 e. The van der Waals surface area contributed by atoms with Crippen LogP contribution in [0.3, 0.4) is 0 Å². The second-order valence-corrected chi connectivity index (χ2v) is 11.0. The molecule has 8 heteroatoms. The standard InChI is InChI=1S/C25H34N6O2/c1-24(2,3)19(22-28-23(29-33-22)25(4,5)6)27-21(32)18-17-15-30(7)13-14-31(17)20(26-18)16-11-9-8-10-12-16/h8-12,19H,13-15H2,1-7H3,(H,27,32). The van der Waals surface area contributed by atoms with E-state index < -0.39 is 6.04 Å². The minimum Gasteiger partial charge on any atom is -0.338 e. The Hall–Kier alpha value is -3.00. The van der Waals surface area contributed by atoms with Crippen LogP contribution in [0.5, 0.6) is 0 Å². The van der Waals surface area contributed by atoms with Crippen LogP contribution >= 0.6 is 0 Å². The van der Waals surface area contributed by atoms with E-state index in [9.17, 15) is 4.79 Å². The summed E-state index contributed by atoms with van der Waals surface area (Å²) in [5.41, 5.74) is 1.79. The molecule has 0 radical (unpaired) electrons. The van der Waals surface area contributed by atoms with Gasteiger partial charge in [-0.05, 0) is 12.5 Å². The predicted octanol–water partition coefficient (Wildman–Crippen LogP) is 4.19. The number of rotatable bonds is 4. The molecule has 0 spiro atoms. The molecule has 4 rings (SSSR count). The van der Waals surface area contributed by atoms with E-state index in [-0.39, 0.29) is 16.7 Å². The van der Waals surface area contributed by atoms with Crippen molar-refractivity contribution < 1.29 is 9.32 Å². The van der Waals surface area contributed by atoms with Gasteiger partial charge >= 0.3 is 0 Å². The van der Waals surface area contributed by atoms with Crippen LogP contribution in [-0.2, 0) is 18.5 Å². The summed E-state index contributed by atoms with van der Waals surface area (Å²) in [5.74, 6) is 1.62. The molecular weight excluding hydrogens is 416 g/mol. The average Bonchev–Trinajstić information content (AvgIpc) is 3.36. The van der Waals surface area contributed by atoms with E-state index >= 15 is 0 Å². The lowest BCUT2D eigenvalue weighted by atomic mass is 9.86. The summed E-state index contributed by atoms with van der Waals surface area (Å²) >= 11 is 0. The van der Waals surface area contributed by atoms with Crippen molar-refractivity contribution in [2.45, 2.75) is 66.1 Å². The maximum absolute atomic E-state index is 13.6. The van der Waals surface area contributed by atoms with Gasteiger partial charge in [-0.3, -0.25) is 9.69 Å². The molecule has 8 nitrogen and oxygen atoms in total. The lowest BCUT2D eigenvalue weighted by molar-refractivity contribution is 0.0873. The molecule has 3 heterocycles. The Morgan fingerprint density at radius 2 is 1.76 bits per heavy atom. The molecule has 0 saturated carbocycles. The molecule has 3 aromatic rings. The maximum Gasteiger partial charge on any atom is 0.272 e. The molecular formula is C25H34N6O2. The van der Waals surface area contributed by atoms with E-state index in [0.29, 0.717) is 24.0 Å². The number of hydrogen-bond acceptors (Lipinski definition) is 6. The molecule has 0 saturated heterocycles. The number of imidazole rings is 1. The van der Waals surface area contributed by atoms with Gasteiger partial charge in [0.25, 0.3) is 5.91 Å². The van der Waals surface area contributed by atoms with E-state index in [1.807, 2.05) is 71.9 Å². The average molecular weight is 451 g/mol. The number of hydrogen-bond donors (Lipinski definition) is 1. The highest BCUT2D eigenvalue weighted by Crippen LogP contribution is 2.34. The third kappa shape index (κ3) is 4.71. The Kier molecular flexibility index (Phi) is 5.90. The number of aromatic nitrogens is 4. The second-order valence-electron chi connectivity index (χ2n) is 11.0. The third-order valence-electron chi connectivity index (χ3n) is 5.95. The summed E-state index contributed by atoms with van der Waals surface area (Å²) in [5, 5.41) is 7.32. The molecule has 1 N–H and O–H groups in total. The minimum absolute atomic E-state index is 0.230. The largest absolute Gasteiger partial charge is 0.338 e. The molecule has 1 unspecified atom stereocenters. The van der Waals surface area contributed by atoms with E-state index in [0.717, 1.165) is 30.2 Å². The van der Waals surface area contributed by atoms with Crippen LogP contribution < -0.4 is 5.32 Å². The Balaban J connectivity index is 1.71. The molecule has 1 amide bonds. The molecule has 0 bridgehead atoms. The van der Waals surface area contributed by atoms with Crippen molar-refractivity contribution in [2.75, 3.05) is 13.6 Å². The Morgan fingerprint density at radius 1 is 1.06 bits per heavy atom. The number of benzene rings is 1. The van der Waals surface area contributed by atoms with Crippen LogP contribution in [0, 0.1) is 5.41 Å². The summed E-state index contributed by atoms with van der Waals surface area (Å²) in [4.78, 5) is 25.3. The number of amides is 1. The molecule has 33 heavy (non-hydrogen) atoms. The Labute approximate surface area is 195 Å². The van der Waals surface area contributed by atoms with Gasteiger partial charge in [-0.15, -0.1) is 0 Å². The van der Waals surface area contributed by atoms with Gasteiger partial charge in [-0.25, -0.2) is 4.98 Å². The van der Waals surface area contributed by atoms with Gasteiger partial charge in [0.05, 0.1) is 5.69 Å². The number of carbonyl (C=O) groups excluding carboxylic acids is 1. The monoisotopic (exact) mass is 450 g/mol. The fraction of sp³-hybridized carbons (Fsp3) is 0.520. The highest BCUT2D eigenvalue weighted by Gasteiger charge is 2.36. The highest BCUT2D eigenvalue weighted by atomic mass is 16.5. The normalized spacial score (nSPS) is 15.8. The number of fused-ring (bicyclic) bond motifs is 1. The van der Waals surface area contributed by atoms with Gasteiger partial charge in [0.2, 0.25) is 5.89 Å². The summed E-state index contributed by atoms with van der Waals surface area (Å²) in [7, 11) is 2.06. The van der Waals surface area contributed by atoms with Crippen LogP contribution in [0.15, 0.2) is 34.9 Å². The fourth-order valence-corrected chi connectivity index (χ4v) is 3.99. The zero-order valence-electron chi connectivity index (χ0n) is 20.6. The summed E-state index contributed by atoms with van der Waals surface area (Å²) < 4.78 is 7.78. The maximum atomic E-state index is 13.6. The van der Waals surface area contributed by atoms with Crippen LogP contribution in [0.4, 0.5) is 0 Å². The Morgan fingerprint density at radius 3 is 2.36 bits per heavy atom. The lowest BCUT2D eigenvalue weighted by Gasteiger charge is -2.29. The van der Waals surface area contributed by atoms with E-state index in [1.54, 1.807) is 0 Å². The van der Waals surface area contributed by atoms with E-state index in [4.69, 9.17) is 9.51 Å². The highest BCUT2D eigenvalue weighted by molar-refractivity contribution is 5.94. The molecule has 1 aliphatic rings. The first-order chi connectivity index (χ1) is 15.4. The first-order valence-electron chi connectivity index (χ1n) is 11.4. The molecule has 0 aliphatic carbocycles. The molecule has 1 atom stereocenters. The van der Waals surface area contributed by atoms with Crippen molar-refractivity contribution >= 4 is 5.91 Å². The van der Waals surface area contributed by atoms with Crippen molar-refractivity contribution in [1.82, 2.24) is 29.9 Å². The third-order valence-corrected chi connectivity index (χ3v) is 5.95. The van der Waals surface area contributed by atoms with Gasteiger partial charge in [-0.1, -0.05) is 77.0 Å². The summed E-state index contributed by atoms with van der Waals surface area (Å²) in [6, 6.07) is 9.56. The molecule has 1 aliphatic heterocycles. The second kappa shape index (κ2) is 8.41. The summed E-state index contributed by atoms with van der Waals surface area (Å²) in [6.07, 6.45) is 0. The molecule has 176 valence electrons. The van der Waals surface area contributed by atoms with Gasteiger partial charge in [0.1, 0.15) is 11.9 Å². The molecule has 1 aromatic carbocycles. The van der Waals surface area contributed by atoms with Crippen molar-refractivity contribution in [1.29, 1.82) is 0 Å². The van der Waals surface area contributed by atoms with Gasteiger partial charge in [-0.2, -0.15) is 4.98 Å². The van der Waals surface area contributed by atoms with Crippen molar-refractivity contribution in [3.05, 3.63) is 53.4 Å². The van der Waals surface area contributed by atoms with Crippen molar-refractivity contribution in [2.24, 2.45) is 5.41 Å². The quantitative estimate of drug-likeness (QED) is 0.641. The SMILES string of the molecule is CN1CCn2c(-c3ccccc3)nc(C(=O)NC(c3nc(C(C)(C)C)no3)C(C)(C)C)c2C1. The number of likely N-dealkylation sites (N-methyl/N-ethyl adjacent to an activating group) is 1. The lowest BCUT2D eigenvalue weighted by Crippen LogP contribution is -2.38. The van der Waals surface area contributed by atoms with Gasteiger partial charge < -0.3 is 14.4 Å². The molecule has 2 aromatic heterocycles. The zero-order chi connectivity index (χ0) is 24.0. The Bertz CT molecular complexity index is 1130. The first-order valence-corrected chi connectivity index (χ1v) is 11.4. The topological polar surface area (TPSA) is 89.1 Å². The van der Waals surface area contributed by atoms with E-state index in [1.165, 1.54) is 0 Å². The first kappa shape index (κ1) is 23.2. The number of nitrogens with one attached hydrogen (secondary N) is 1. The fourth-order valence-electron chi connectivity index (χ4n) is 3.99. The van der Waals surface area contributed by atoms with Crippen molar-refractivity contribution in [3.8, 4) is 11.4 Å². The van der Waals surface area contributed by atoms with E-state index in [2.05, 4.69) is 32.0 Å². The van der Waals surface area contributed by atoms with Crippen molar-refractivity contribution in [3.63, 3.8) is 0 Å². The van der Waals surface area contributed by atoms with Crippen LogP contribution in [0.25, 0.3) is 11.4 Å². The number of carbonyl (C=O) groups is 1. The predicted molar refractivity (Wildman–Crippen MR) is 127 cm³/mol. The summed E-state index contributed by atoms with van der Waals surface area (Å²) in [6.45, 7) is 14.6. The zero-order valence-corrected chi connectivity index (χ0v) is 20.6. The van der Waals surface area contributed by atoms with Crippen LogP contribution in [0.1, 0.15) is 75.5 Å². The van der Waals surface area contributed by atoms with Crippen LogP contribution in [-0.4, -0.2) is 44.1 Å². The van der Waals surface area contributed by atoms with Crippen LogP contribution in [0.2, 0.25) is 0 Å². The minimum atomic E-state index is -0.451. The molecule has 0 fully saturated rings.